The van der Waals surface area contributed by atoms with Gasteiger partial charge in [-0.3, -0.25) is 4.79 Å². The van der Waals surface area contributed by atoms with Crippen molar-refractivity contribution < 1.29 is 14.3 Å². The number of hydrogen-bond acceptors (Lipinski definition) is 3. The Morgan fingerprint density at radius 3 is 2.75 bits per heavy atom. The Hall–Kier alpha value is -0.570. The minimum absolute atomic E-state index is 0.0165. The second-order valence-electron chi connectivity index (χ2n) is 7.80. The zero-order valence-corrected chi connectivity index (χ0v) is 13.3. The van der Waals surface area contributed by atoms with Crippen molar-refractivity contribution in [3.8, 4) is 0 Å². The molecule has 3 nitrogen and oxygen atoms in total. The molecule has 20 heavy (non-hydrogen) atoms. The molecule has 0 radical (unpaired) electrons. The van der Waals surface area contributed by atoms with Gasteiger partial charge in [-0.15, -0.1) is 0 Å². The van der Waals surface area contributed by atoms with E-state index in [-0.39, 0.29) is 17.2 Å². The Balaban J connectivity index is 1.86. The minimum Gasteiger partial charge on any atom is -0.463 e. The summed E-state index contributed by atoms with van der Waals surface area (Å²) in [5.41, 5.74) is -0.306. The summed E-state index contributed by atoms with van der Waals surface area (Å²) >= 11 is 0. The highest BCUT2D eigenvalue weighted by Gasteiger charge is 2.58. The largest absolute Gasteiger partial charge is 0.463 e. The third kappa shape index (κ3) is 2.18. The van der Waals surface area contributed by atoms with Gasteiger partial charge < -0.3 is 9.47 Å². The van der Waals surface area contributed by atoms with Gasteiger partial charge in [0.1, 0.15) is 12.2 Å². The molecule has 2 bridgehead atoms. The molecular weight excluding hydrogens is 252 g/mol. The summed E-state index contributed by atoms with van der Waals surface area (Å²) in [6, 6.07) is 0. The van der Waals surface area contributed by atoms with Crippen LogP contribution in [0.4, 0.5) is 0 Å². The third-order valence-electron chi connectivity index (χ3n) is 6.40. The molecule has 3 heteroatoms. The van der Waals surface area contributed by atoms with Gasteiger partial charge in [-0.05, 0) is 63.2 Å². The van der Waals surface area contributed by atoms with E-state index in [0.29, 0.717) is 18.4 Å². The monoisotopic (exact) mass is 280 g/mol. The van der Waals surface area contributed by atoms with Crippen molar-refractivity contribution in [2.45, 2.75) is 71.0 Å². The maximum atomic E-state index is 11.2. The standard InChI is InChI=1S/C17H28O3/c1-11-5-6-15-14(11)9-13-7-8-16(15,3)20-17(13,4)10-19-12(2)18/h11,13-15H,5-10H2,1-4H3/t11-,13+,14-,15-,16-,17-/m1/s1. The number of carbonyl (C=O) groups is 1. The van der Waals surface area contributed by atoms with Crippen LogP contribution in [-0.2, 0) is 14.3 Å². The Morgan fingerprint density at radius 2 is 2.05 bits per heavy atom. The predicted octanol–water partition coefficient (Wildman–Crippen LogP) is 3.56. The van der Waals surface area contributed by atoms with Gasteiger partial charge in [0.15, 0.2) is 0 Å². The highest BCUT2D eigenvalue weighted by molar-refractivity contribution is 5.65. The molecule has 4 rings (SSSR count). The lowest BCUT2D eigenvalue weighted by Crippen LogP contribution is -2.53. The zero-order valence-electron chi connectivity index (χ0n) is 13.3. The Kier molecular flexibility index (Phi) is 3.39. The Morgan fingerprint density at radius 1 is 1.30 bits per heavy atom. The summed E-state index contributed by atoms with van der Waals surface area (Å²) in [6.45, 7) is 8.76. The minimum atomic E-state index is -0.289. The van der Waals surface area contributed by atoms with Crippen LogP contribution >= 0.6 is 0 Å². The molecule has 2 heterocycles. The SMILES string of the molecule is CC(=O)OC[C@@]1(C)O[C@]2(C)CC[C@H]1C[C@@H]1[C@H](C)CC[C@H]12. The van der Waals surface area contributed by atoms with Crippen LogP contribution in [0.5, 0.6) is 0 Å². The van der Waals surface area contributed by atoms with Gasteiger partial charge >= 0.3 is 5.97 Å². The van der Waals surface area contributed by atoms with E-state index in [0.717, 1.165) is 11.8 Å². The van der Waals surface area contributed by atoms with Crippen molar-refractivity contribution in [3.05, 3.63) is 0 Å². The van der Waals surface area contributed by atoms with Crippen molar-refractivity contribution in [1.82, 2.24) is 0 Å². The number of carbonyl (C=O) groups excluding carboxylic acids is 1. The molecule has 0 aromatic rings. The lowest BCUT2D eigenvalue weighted by atomic mass is 9.78. The molecule has 2 saturated carbocycles. The quantitative estimate of drug-likeness (QED) is 0.726. The molecule has 0 aromatic heterocycles. The summed E-state index contributed by atoms with van der Waals surface area (Å²) in [6.07, 6.45) is 6.29. The molecule has 0 unspecified atom stereocenters. The highest BCUT2D eigenvalue weighted by Crippen LogP contribution is 2.58. The Bertz CT molecular complexity index is 407. The van der Waals surface area contributed by atoms with Crippen LogP contribution in [0.25, 0.3) is 0 Å². The van der Waals surface area contributed by atoms with Crippen LogP contribution in [0.3, 0.4) is 0 Å². The fraction of sp³-hybridized carbons (Fsp3) is 0.941. The zero-order chi connectivity index (χ0) is 14.5. The maximum Gasteiger partial charge on any atom is 0.302 e. The fourth-order valence-corrected chi connectivity index (χ4v) is 5.20. The molecule has 0 spiro atoms. The molecular formula is C17H28O3. The summed E-state index contributed by atoms with van der Waals surface area (Å²) in [4.78, 5) is 11.2. The molecule has 4 fully saturated rings. The molecule has 0 amide bonds. The molecule has 2 aliphatic heterocycles. The van der Waals surface area contributed by atoms with Crippen LogP contribution in [0.15, 0.2) is 0 Å². The van der Waals surface area contributed by atoms with Gasteiger partial charge in [-0.25, -0.2) is 0 Å². The van der Waals surface area contributed by atoms with E-state index in [1.807, 2.05) is 0 Å². The van der Waals surface area contributed by atoms with Gasteiger partial charge in [0.25, 0.3) is 0 Å². The predicted molar refractivity (Wildman–Crippen MR) is 77.2 cm³/mol. The second kappa shape index (κ2) is 4.72. The van der Waals surface area contributed by atoms with Gasteiger partial charge in [0, 0.05) is 6.92 Å². The summed E-state index contributed by atoms with van der Waals surface area (Å²) in [7, 11) is 0. The number of fused-ring (bicyclic) bond motifs is 2. The van der Waals surface area contributed by atoms with Crippen molar-refractivity contribution in [2.75, 3.05) is 6.61 Å². The number of ether oxygens (including phenoxy) is 2. The van der Waals surface area contributed by atoms with Crippen molar-refractivity contribution in [3.63, 3.8) is 0 Å². The van der Waals surface area contributed by atoms with Crippen LogP contribution in [-0.4, -0.2) is 23.8 Å². The molecule has 0 N–H and O–H groups in total. The molecule has 4 aliphatic rings. The van der Waals surface area contributed by atoms with Crippen molar-refractivity contribution >= 4 is 5.97 Å². The first kappa shape index (κ1) is 14.4. The van der Waals surface area contributed by atoms with Crippen molar-refractivity contribution in [2.24, 2.45) is 23.7 Å². The molecule has 0 aromatic carbocycles. The van der Waals surface area contributed by atoms with Crippen LogP contribution in [0.2, 0.25) is 0 Å². The first-order valence-electron chi connectivity index (χ1n) is 8.17. The first-order valence-corrected chi connectivity index (χ1v) is 8.17. The lowest BCUT2D eigenvalue weighted by molar-refractivity contribution is -0.226. The van der Waals surface area contributed by atoms with E-state index in [1.54, 1.807) is 0 Å². The fourth-order valence-electron chi connectivity index (χ4n) is 5.20. The molecule has 114 valence electrons. The third-order valence-corrected chi connectivity index (χ3v) is 6.40. The summed E-state index contributed by atoms with van der Waals surface area (Å²) < 4.78 is 11.9. The van der Waals surface area contributed by atoms with Crippen molar-refractivity contribution in [1.29, 1.82) is 0 Å². The Labute approximate surface area is 122 Å². The van der Waals surface area contributed by atoms with E-state index >= 15 is 0 Å². The first-order chi connectivity index (χ1) is 9.34. The summed E-state index contributed by atoms with van der Waals surface area (Å²) in [5.74, 6) is 2.65. The molecule has 6 atom stereocenters. The number of rotatable bonds is 2. The second-order valence-corrected chi connectivity index (χ2v) is 7.80. The van der Waals surface area contributed by atoms with E-state index < -0.39 is 0 Å². The van der Waals surface area contributed by atoms with E-state index in [1.165, 1.54) is 39.0 Å². The van der Waals surface area contributed by atoms with Crippen LogP contribution < -0.4 is 0 Å². The van der Waals surface area contributed by atoms with Gasteiger partial charge in [0.05, 0.1) is 5.60 Å². The average molecular weight is 280 g/mol. The topological polar surface area (TPSA) is 35.5 Å². The maximum absolute atomic E-state index is 11.2. The smallest absolute Gasteiger partial charge is 0.302 e. The molecule has 2 aliphatic carbocycles. The summed E-state index contributed by atoms with van der Waals surface area (Å²) in [5, 5.41) is 0. The van der Waals surface area contributed by atoms with Gasteiger partial charge in [0.2, 0.25) is 0 Å². The normalized spacial score (nSPS) is 50.6. The molecule has 2 saturated heterocycles. The highest BCUT2D eigenvalue weighted by atomic mass is 16.6. The van der Waals surface area contributed by atoms with E-state index in [9.17, 15) is 4.79 Å². The van der Waals surface area contributed by atoms with Crippen LogP contribution in [0, 0.1) is 23.7 Å². The van der Waals surface area contributed by atoms with Gasteiger partial charge in [-0.2, -0.15) is 0 Å². The lowest BCUT2D eigenvalue weighted by Gasteiger charge is -2.48. The number of esters is 1. The number of hydrogen-bond donors (Lipinski definition) is 0. The van der Waals surface area contributed by atoms with Gasteiger partial charge in [-0.1, -0.05) is 13.3 Å². The van der Waals surface area contributed by atoms with E-state index in [2.05, 4.69) is 20.8 Å². The van der Waals surface area contributed by atoms with Crippen LogP contribution in [0.1, 0.15) is 59.8 Å². The average Bonchev–Trinajstić information content (AvgIpc) is 2.61. The van der Waals surface area contributed by atoms with E-state index in [4.69, 9.17) is 9.47 Å².